The fraction of sp³-hybridized carbons (Fsp3) is 0.316. The van der Waals surface area contributed by atoms with Gasteiger partial charge >= 0.3 is 0 Å². The standard InChI is InChI=1S/C19H18N4O2/c20-9-12-7-16(11-21-10-12)25-15-4-1-13(2-5-15)19(24)23-18-8-14-3-6-17(18)22-14/h1-2,4-5,7,10-11,14,17-18,22H,3,6,8H2,(H,23,24)/t14-,17+,18-/m1/s1. The maximum Gasteiger partial charge on any atom is 0.251 e. The normalized spacial score (nSPS) is 23.9. The van der Waals surface area contributed by atoms with Gasteiger partial charge in [-0.2, -0.15) is 5.26 Å². The van der Waals surface area contributed by atoms with Gasteiger partial charge in [0.05, 0.1) is 11.8 Å². The summed E-state index contributed by atoms with van der Waals surface area (Å²) in [6, 6.07) is 11.8. The van der Waals surface area contributed by atoms with Crippen molar-refractivity contribution in [3.8, 4) is 17.6 Å². The second-order valence-electron chi connectivity index (χ2n) is 6.51. The molecule has 0 radical (unpaired) electrons. The van der Waals surface area contributed by atoms with Gasteiger partial charge in [-0.25, -0.2) is 0 Å². The van der Waals surface area contributed by atoms with Crippen molar-refractivity contribution in [1.29, 1.82) is 5.26 Å². The van der Waals surface area contributed by atoms with Crippen molar-refractivity contribution in [2.45, 2.75) is 37.4 Å². The number of pyridine rings is 1. The van der Waals surface area contributed by atoms with E-state index in [-0.39, 0.29) is 11.9 Å². The third-order valence-corrected chi connectivity index (χ3v) is 4.81. The molecule has 2 aromatic rings. The van der Waals surface area contributed by atoms with E-state index in [2.05, 4.69) is 15.6 Å². The molecule has 1 aromatic heterocycles. The van der Waals surface area contributed by atoms with Gasteiger partial charge in [-0.3, -0.25) is 9.78 Å². The lowest BCUT2D eigenvalue weighted by Gasteiger charge is -2.21. The maximum atomic E-state index is 12.4. The van der Waals surface area contributed by atoms with Gasteiger partial charge < -0.3 is 15.4 Å². The van der Waals surface area contributed by atoms with Crippen LogP contribution in [0.15, 0.2) is 42.7 Å². The van der Waals surface area contributed by atoms with Crippen molar-refractivity contribution in [3.63, 3.8) is 0 Å². The number of aromatic nitrogens is 1. The zero-order valence-corrected chi connectivity index (χ0v) is 13.6. The van der Waals surface area contributed by atoms with Gasteiger partial charge in [-0.15, -0.1) is 0 Å². The van der Waals surface area contributed by atoms with E-state index in [1.807, 2.05) is 6.07 Å². The van der Waals surface area contributed by atoms with Crippen LogP contribution in [0, 0.1) is 11.3 Å². The van der Waals surface area contributed by atoms with Crippen LogP contribution in [0.1, 0.15) is 35.2 Å². The predicted octanol–water partition coefficient (Wildman–Crippen LogP) is 2.37. The molecule has 2 saturated heterocycles. The van der Waals surface area contributed by atoms with E-state index in [4.69, 9.17) is 10.00 Å². The van der Waals surface area contributed by atoms with Crippen LogP contribution in [0.5, 0.6) is 11.5 Å². The highest BCUT2D eigenvalue weighted by molar-refractivity contribution is 5.94. The summed E-state index contributed by atoms with van der Waals surface area (Å²) in [5.41, 5.74) is 1.05. The number of amides is 1. The van der Waals surface area contributed by atoms with Crippen LogP contribution in [0.2, 0.25) is 0 Å². The summed E-state index contributed by atoms with van der Waals surface area (Å²) in [7, 11) is 0. The van der Waals surface area contributed by atoms with Gasteiger partial charge in [0.1, 0.15) is 17.6 Å². The molecule has 1 amide bonds. The molecule has 126 valence electrons. The summed E-state index contributed by atoms with van der Waals surface area (Å²) in [6.07, 6.45) is 6.39. The summed E-state index contributed by atoms with van der Waals surface area (Å²) in [5, 5.41) is 15.5. The van der Waals surface area contributed by atoms with Crippen molar-refractivity contribution >= 4 is 5.91 Å². The van der Waals surface area contributed by atoms with Gasteiger partial charge in [-0.1, -0.05) is 0 Å². The molecule has 0 unspecified atom stereocenters. The molecule has 4 rings (SSSR count). The molecular weight excluding hydrogens is 316 g/mol. The van der Waals surface area contributed by atoms with Crippen molar-refractivity contribution in [1.82, 2.24) is 15.6 Å². The highest BCUT2D eigenvalue weighted by Crippen LogP contribution is 2.28. The molecule has 2 fully saturated rings. The van der Waals surface area contributed by atoms with E-state index in [9.17, 15) is 4.79 Å². The number of benzene rings is 1. The second kappa shape index (κ2) is 6.54. The van der Waals surface area contributed by atoms with Gasteiger partial charge in [0.2, 0.25) is 0 Å². The Hall–Kier alpha value is -2.91. The average Bonchev–Trinajstić information content (AvgIpc) is 3.25. The first-order chi connectivity index (χ1) is 12.2. The zero-order valence-electron chi connectivity index (χ0n) is 13.6. The third kappa shape index (κ3) is 3.32. The van der Waals surface area contributed by atoms with E-state index in [0.29, 0.717) is 34.7 Å². The molecule has 0 aliphatic carbocycles. The summed E-state index contributed by atoms with van der Waals surface area (Å²) < 4.78 is 5.67. The van der Waals surface area contributed by atoms with E-state index in [1.165, 1.54) is 12.6 Å². The zero-order chi connectivity index (χ0) is 17.2. The molecule has 2 bridgehead atoms. The van der Waals surface area contributed by atoms with Crippen molar-refractivity contribution in [3.05, 3.63) is 53.9 Å². The van der Waals surface area contributed by atoms with Crippen LogP contribution < -0.4 is 15.4 Å². The molecule has 2 aliphatic rings. The predicted molar refractivity (Wildman–Crippen MR) is 91.3 cm³/mol. The SMILES string of the molecule is N#Cc1cncc(Oc2ccc(C(=O)N[C@@H]3C[C@H]4CC[C@@H]3N4)cc2)c1. The molecule has 2 aliphatic heterocycles. The first kappa shape index (κ1) is 15.6. The molecule has 3 heterocycles. The Balaban J connectivity index is 1.39. The second-order valence-corrected chi connectivity index (χ2v) is 6.51. The first-order valence-corrected chi connectivity index (χ1v) is 8.41. The quantitative estimate of drug-likeness (QED) is 0.896. The fourth-order valence-corrected chi connectivity index (χ4v) is 3.58. The largest absolute Gasteiger partial charge is 0.456 e. The van der Waals surface area contributed by atoms with E-state index in [1.54, 1.807) is 36.5 Å². The lowest BCUT2D eigenvalue weighted by Crippen LogP contribution is -2.42. The number of nitrogens with zero attached hydrogens (tertiary/aromatic N) is 2. The monoisotopic (exact) mass is 334 g/mol. The third-order valence-electron chi connectivity index (χ3n) is 4.81. The Morgan fingerprint density at radius 3 is 2.76 bits per heavy atom. The number of fused-ring (bicyclic) bond motifs is 2. The highest BCUT2D eigenvalue weighted by atomic mass is 16.5. The van der Waals surface area contributed by atoms with Crippen LogP contribution in [0.4, 0.5) is 0 Å². The number of rotatable bonds is 4. The molecular formula is C19H18N4O2. The molecule has 6 heteroatoms. The Kier molecular flexibility index (Phi) is 4.08. The summed E-state index contributed by atoms with van der Waals surface area (Å²) in [6.45, 7) is 0. The molecule has 1 aromatic carbocycles. The number of carbonyl (C=O) groups excluding carboxylic acids is 1. The van der Waals surface area contributed by atoms with Gasteiger partial charge in [0, 0.05) is 36.0 Å². The Labute approximate surface area is 145 Å². The number of carbonyl (C=O) groups is 1. The van der Waals surface area contributed by atoms with Crippen molar-refractivity contribution in [2.75, 3.05) is 0 Å². The lowest BCUT2D eigenvalue weighted by molar-refractivity contribution is 0.0931. The molecule has 0 spiro atoms. The van der Waals surface area contributed by atoms with Crippen molar-refractivity contribution < 1.29 is 9.53 Å². The summed E-state index contributed by atoms with van der Waals surface area (Å²) in [5.74, 6) is 1.03. The summed E-state index contributed by atoms with van der Waals surface area (Å²) >= 11 is 0. The number of ether oxygens (including phenoxy) is 1. The molecule has 3 atom stereocenters. The van der Waals surface area contributed by atoms with Gasteiger partial charge in [0.15, 0.2) is 0 Å². The minimum Gasteiger partial charge on any atom is -0.456 e. The molecule has 6 nitrogen and oxygen atoms in total. The maximum absolute atomic E-state index is 12.4. The molecule has 0 saturated carbocycles. The number of hydrogen-bond donors (Lipinski definition) is 2. The minimum absolute atomic E-state index is 0.0564. The molecule has 2 N–H and O–H groups in total. The van der Waals surface area contributed by atoms with Crippen LogP contribution in [0.3, 0.4) is 0 Å². The number of nitrogens with one attached hydrogen (secondary N) is 2. The Morgan fingerprint density at radius 2 is 2.08 bits per heavy atom. The van der Waals surface area contributed by atoms with E-state index >= 15 is 0 Å². The van der Waals surface area contributed by atoms with Crippen LogP contribution in [-0.4, -0.2) is 29.0 Å². The van der Waals surface area contributed by atoms with Crippen LogP contribution >= 0.6 is 0 Å². The Morgan fingerprint density at radius 1 is 1.24 bits per heavy atom. The molecule has 25 heavy (non-hydrogen) atoms. The van der Waals surface area contributed by atoms with Gasteiger partial charge in [-0.05, 0) is 43.5 Å². The first-order valence-electron chi connectivity index (χ1n) is 8.41. The Bertz CT molecular complexity index is 828. The van der Waals surface area contributed by atoms with E-state index < -0.39 is 0 Å². The van der Waals surface area contributed by atoms with Crippen LogP contribution in [0.25, 0.3) is 0 Å². The average molecular weight is 334 g/mol. The van der Waals surface area contributed by atoms with Crippen molar-refractivity contribution in [2.24, 2.45) is 0 Å². The van der Waals surface area contributed by atoms with Crippen LogP contribution in [-0.2, 0) is 0 Å². The lowest BCUT2D eigenvalue weighted by atomic mass is 9.95. The topological polar surface area (TPSA) is 87.0 Å². The van der Waals surface area contributed by atoms with Gasteiger partial charge in [0.25, 0.3) is 5.91 Å². The fourth-order valence-electron chi connectivity index (χ4n) is 3.58. The van der Waals surface area contributed by atoms with E-state index in [0.717, 1.165) is 12.8 Å². The smallest absolute Gasteiger partial charge is 0.251 e. The minimum atomic E-state index is -0.0564. The highest BCUT2D eigenvalue weighted by Gasteiger charge is 2.39. The summed E-state index contributed by atoms with van der Waals surface area (Å²) in [4.78, 5) is 16.4. The number of hydrogen-bond acceptors (Lipinski definition) is 5. The number of nitriles is 1.